The molecule has 0 radical (unpaired) electrons. The number of aliphatic hydroxyl groups excluding tert-OH is 1. The molecule has 8 heteroatoms. The van der Waals surface area contributed by atoms with Crippen LogP contribution in [0.5, 0.6) is 0 Å². The molecule has 1 atom stereocenters. The van der Waals surface area contributed by atoms with Gasteiger partial charge in [0.05, 0.1) is 19.2 Å². The molecular weight excluding hydrogens is 322 g/mol. The fourth-order valence-corrected chi connectivity index (χ4v) is 3.30. The number of hydrogen-bond donors (Lipinski definition) is 2. The number of fused-ring (bicyclic) bond motifs is 3. The van der Waals surface area contributed by atoms with E-state index in [9.17, 15) is 14.7 Å². The number of aromatic amines is 1. The van der Waals surface area contributed by atoms with Crippen LogP contribution in [-0.4, -0.2) is 36.9 Å². The highest BCUT2D eigenvalue weighted by Crippen LogP contribution is 2.31. The standard InChI is InChI=1S/C17H19N5O3/c1-3-10-4-6-11(7-5-10)21-8-12(23)9-22-13-14(18-16(21)22)20(2)17(25)19-15(13)24/h4-7,12,23H,3,8-9H2,1-2H3,(H,19,24,25)/t12-/m0/s1. The van der Waals surface area contributed by atoms with Crippen molar-refractivity contribution in [3.63, 3.8) is 0 Å². The molecule has 0 unspecified atom stereocenters. The highest BCUT2D eigenvalue weighted by atomic mass is 16.3. The maximum Gasteiger partial charge on any atom is 0.329 e. The largest absolute Gasteiger partial charge is 0.389 e. The number of imidazole rings is 1. The van der Waals surface area contributed by atoms with E-state index in [1.54, 1.807) is 11.6 Å². The number of hydrogen-bond acceptors (Lipinski definition) is 5. The van der Waals surface area contributed by atoms with E-state index in [2.05, 4.69) is 16.9 Å². The number of nitrogens with one attached hydrogen (secondary N) is 1. The maximum atomic E-state index is 12.3. The van der Waals surface area contributed by atoms with Gasteiger partial charge in [-0.15, -0.1) is 0 Å². The van der Waals surface area contributed by atoms with E-state index in [1.807, 2.05) is 29.2 Å². The molecule has 3 heterocycles. The van der Waals surface area contributed by atoms with Gasteiger partial charge >= 0.3 is 5.69 Å². The molecule has 0 aliphatic carbocycles. The third-order valence-electron chi connectivity index (χ3n) is 4.67. The highest BCUT2D eigenvalue weighted by molar-refractivity contribution is 5.77. The second kappa shape index (κ2) is 5.59. The van der Waals surface area contributed by atoms with Crippen LogP contribution in [0.1, 0.15) is 12.5 Å². The molecule has 0 saturated heterocycles. The molecule has 0 bridgehead atoms. The van der Waals surface area contributed by atoms with Gasteiger partial charge in [-0.2, -0.15) is 4.98 Å². The number of anilines is 2. The van der Waals surface area contributed by atoms with E-state index in [1.165, 1.54) is 10.1 Å². The summed E-state index contributed by atoms with van der Waals surface area (Å²) in [6.45, 7) is 2.73. The minimum absolute atomic E-state index is 0.261. The SMILES string of the molecule is CCc1ccc(N2C[C@H](O)Cn3c2nc2c3c(=O)[nH]c(=O)n2C)cc1. The lowest BCUT2D eigenvalue weighted by Crippen LogP contribution is -2.39. The fraction of sp³-hybridized carbons (Fsp3) is 0.353. The molecule has 2 aromatic heterocycles. The number of aliphatic hydroxyl groups is 1. The van der Waals surface area contributed by atoms with Gasteiger partial charge < -0.3 is 14.6 Å². The molecular formula is C17H19N5O3. The summed E-state index contributed by atoms with van der Waals surface area (Å²) >= 11 is 0. The van der Waals surface area contributed by atoms with E-state index in [4.69, 9.17) is 0 Å². The van der Waals surface area contributed by atoms with E-state index in [0.717, 1.165) is 12.1 Å². The summed E-state index contributed by atoms with van der Waals surface area (Å²) in [6, 6.07) is 8.02. The zero-order valence-electron chi connectivity index (χ0n) is 14.1. The maximum absolute atomic E-state index is 12.3. The first-order chi connectivity index (χ1) is 12.0. The zero-order chi connectivity index (χ0) is 17.7. The molecule has 0 spiro atoms. The van der Waals surface area contributed by atoms with Crippen molar-refractivity contribution >= 4 is 22.8 Å². The summed E-state index contributed by atoms with van der Waals surface area (Å²) in [5.74, 6) is 0.552. The Morgan fingerprint density at radius 1 is 1.24 bits per heavy atom. The summed E-state index contributed by atoms with van der Waals surface area (Å²) in [5.41, 5.74) is 1.71. The molecule has 1 aliphatic rings. The van der Waals surface area contributed by atoms with Gasteiger partial charge in [-0.25, -0.2) is 4.79 Å². The number of aryl methyl sites for hydroxylation is 2. The molecule has 3 aromatic rings. The van der Waals surface area contributed by atoms with E-state index in [-0.39, 0.29) is 6.54 Å². The molecule has 8 nitrogen and oxygen atoms in total. The third kappa shape index (κ3) is 2.37. The van der Waals surface area contributed by atoms with E-state index in [0.29, 0.717) is 23.7 Å². The van der Waals surface area contributed by atoms with Crippen molar-refractivity contribution in [2.75, 3.05) is 11.4 Å². The average Bonchev–Trinajstić information content (AvgIpc) is 2.99. The molecule has 0 fully saturated rings. The normalized spacial score (nSPS) is 17.1. The van der Waals surface area contributed by atoms with E-state index >= 15 is 0 Å². The van der Waals surface area contributed by atoms with Crippen LogP contribution in [-0.2, 0) is 20.0 Å². The predicted octanol–water partition coefficient (Wildman–Crippen LogP) is 0.498. The van der Waals surface area contributed by atoms with Crippen molar-refractivity contribution in [1.82, 2.24) is 19.1 Å². The van der Waals surface area contributed by atoms with Gasteiger partial charge in [-0.05, 0) is 24.1 Å². The lowest BCUT2D eigenvalue weighted by molar-refractivity contribution is 0.154. The van der Waals surface area contributed by atoms with Crippen LogP contribution < -0.4 is 16.1 Å². The van der Waals surface area contributed by atoms with Crippen molar-refractivity contribution in [3.05, 3.63) is 50.7 Å². The summed E-state index contributed by atoms with van der Waals surface area (Å²) < 4.78 is 2.99. The number of nitrogens with zero attached hydrogens (tertiary/aromatic N) is 4. The van der Waals surface area contributed by atoms with Crippen LogP contribution in [0.2, 0.25) is 0 Å². The lowest BCUT2D eigenvalue weighted by atomic mass is 10.1. The Balaban J connectivity index is 1.95. The van der Waals surface area contributed by atoms with Crippen LogP contribution in [0.4, 0.5) is 11.6 Å². The predicted molar refractivity (Wildman–Crippen MR) is 94.4 cm³/mol. The van der Waals surface area contributed by atoms with Crippen molar-refractivity contribution in [3.8, 4) is 0 Å². The summed E-state index contributed by atoms with van der Waals surface area (Å²) in [4.78, 5) is 32.8. The molecule has 130 valence electrons. The Morgan fingerprint density at radius 3 is 2.64 bits per heavy atom. The lowest BCUT2D eigenvalue weighted by Gasteiger charge is -2.32. The van der Waals surface area contributed by atoms with Gasteiger partial charge in [-0.1, -0.05) is 19.1 Å². The summed E-state index contributed by atoms with van der Waals surface area (Å²) in [7, 11) is 1.57. The molecule has 1 aliphatic heterocycles. The van der Waals surface area contributed by atoms with E-state index < -0.39 is 17.4 Å². The van der Waals surface area contributed by atoms with Crippen molar-refractivity contribution < 1.29 is 5.11 Å². The minimum Gasteiger partial charge on any atom is -0.389 e. The highest BCUT2D eigenvalue weighted by Gasteiger charge is 2.29. The van der Waals surface area contributed by atoms with Crippen molar-refractivity contribution in [2.45, 2.75) is 26.0 Å². The quantitative estimate of drug-likeness (QED) is 0.707. The molecule has 1 aromatic carbocycles. The monoisotopic (exact) mass is 341 g/mol. The van der Waals surface area contributed by atoms with Crippen molar-refractivity contribution in [2.24, 2.45) is 7.05 Å². The van der Waals surface area contributed by atoms with Crippen molar-refractivity contribution in [1.29, 1.82) is 0 Å². The van der Waals surface area contributed by atoms with Crippen LogP contribution in [0.25, 0.3) is 11.2 Å². The molecule has 0 saturated carbocycles. The molecule has 4 rings (SSSR count). The second-order valence-electron chi connectivity index (χ2n) is 6.30. The number of β-amino-alcohol motifs (C(OH)–C–C–N with tert-alkyl or cyclic N) is 1. The van der Waals surface area contributed by atoms with Crippen LogP contribution in [0.15, 0.2) is 33.9 Å². The first-order valence-corrected chi connectivity index (χ1v) is 8.23. The second-order valence-corrected chi connectivity index (χ2v) is 6.30. The fourth-order valence-electron chi connectivity index (χ4n) is 3.30. The topological polar surface area (TPSA) is 96.2 Å². The number of aromatic nitrogens is 4. The molecule has 2 N–H and O–H groups in total. The van der Waals surface area contributed by atoms with Crippen LogP contribution in [0.3, 0.4) is 0 Å². The van der Waals surface area contributed by atoms with Crippen LogP contribution >= 0.6 is 0 Å². The Bertz CT molecular complexity index is 1060. The third-order valence-corrected chi connectivity index (χ3v) is 4.67. The summed E-state index contributed by atoms with van der Waals surface area (Å²) in [5, 5.41) is 10.3. The van der Waals surface area contributed by atoms with Gasteiger partial charge in [0.1, 0.15) is 0 Å². The average molecular weight is 341 g/mol. The zero-order valence-corrected chi connectivity index (χ0v) is 14.1. The molecule has 25 heavy (non-hydrogen) atoms. The summed E-state index contributed by atoms with van der Waals surface area (Å²) in [6.07, 6.45) is 0.297. The first kappa shape index (κ1) is 15.6. The Labute approximate surface area is 143 Å². The molecule has 0 amide bonds. The van der Waals surface area contributed by atoms with Gasteiger partial charge in [-0.3, -0.25) is 14.3 Å². The smallest absolute Gasteiger partial charge is 0.329 e. The first-order valence-electron chi connectivity index (χ1n) is 8.23. The van der Waals surface area contributed by atoms with Gasteiger partial charge in [0.2, 0.25) is 5.95 Å². The minimum atomic E-state index is -0.646. The Kier molecular flexibility index (Phi) is 3.50. The Hall–Kier alpha value is -2.87. The van der Waals surface area contributed by atoms with Crippen LogP contribution in [0, 0.1) is 0 Å². The van der Waals surface area contributed by atoms with Gasteiger partial charge in [0, 0.05) is 12.7 Å². The number of H-pyrrole nitrogens is 1. The number of rotatable bonds is 2. The Morgan fingerprint density at radius 2 is 1.96 bits per heavy atom. The number of benzene rings is 1. The van der Waals surface area contributed by atoms with Gasteiger partial charge in [0.25, 0.3) is 5.56 Å². The van der Waals surface area contributed by atoms with Gasteiger partial charge in [0.15, 0.2) is 11.2 Å².